The number of carbonyl (C=O) groups is 6. The lowest BCUT2D eigenvalue weighted by atomic mass is 9.72. The number of fused-ring (bicyclic) bond motifs is 1. The SMILES string of the molecule is CC[C@H]1OC(=O)[C@H](C)[C@@H](O[C@H]2C[C@@](C)(OC)[C@@H](O)[C@H](C)O2)[C@H](C)[C@@H](O[C@@H]2O[C@H](C)C[C@H](N(C)C)[C@H]2OC(=O)CCC(=O)NCCCCCC(=O)NCCNC(=O)CCCC[C@@H]2SC[C@@H]3NC(=O)N[C@@H]32)[C@](C)(O)C[C@@H](C)C(NOCOCCOC)[C@H](C)[C@@H](O)[C@]1(C)O. The molecule has 0 aromatic heterocycles. The van der Waals surface area contributed by atoms with Gasteiger partial charge in [0.05, 0.1) is 85.4 Å². The van der Waals surface area contributed by atoms with Gasteiger partial charge in [0.15, 0.2) is 25.5 Å². The molecule has 0 aromatic carbocycles. The van der Waals surface area contributed by atoms with Crippen LogP contribution in [0.2, 0.25) is 0 Å². The maximum atomic E-state index is 14.7. The lowest BCUT2D eigenvalue weighted by molar-refractivity contribution is -0.319. The van der Waals surface area contributed by atoms with Crippen LogP contribution in [0.15, 0.2) is 0 Å². The van der Waals surface area contributed by atoms with Crippen LogP contribution in [0.5, 0.6) is 0 Å². The molecule has 27 nitrogen and oxygen atoms in total. The lowest BCUT2D eigenvalue weighted by Gasteiger charge is -2.50. The Bertz CT molecular complexity index is 2280. The first kappa shape index (κ1) is 78.1. The van der Waals surface area contributed by atoms with Crippen LogP contribution >= 0.6 is 11.8 Å². The number of methoxy groups -OCH3 is 2. The van der Waals surface area contributed by atoms with Crippen molar-refractivity contribution in [2.45, 2.75) is 267 Å². The monoisotopic (exact) mass is 1320 g/mol. The number of hydrogen-bond donors (Lipinski definition) is 10. The molecule has 0 radical (unpaired) electrons. The number of carbonyl (C=O) groups excluding carboxylic acids is 6. The zero-order chi connectivity index (χ0) is 67.4. The van der Waals surface area contributed by atoms with Crippen LogP contribution < -0.4 is 32.1 Å². The van der Waals surface area contributed by atoms with E-state index >= 15 is 0 Å². The molecule has 0 bridgehead atoms. The minimum atomic E-state index is -2.00. The second-order valence-corrected chi connectivity index (χ2v) is 28.0. The first-order valence-electron chi connectivity index (χ1n) is 32.9. The molecule has 5 saturated heterocycles. The average molecular weight is 1320 g/mol. The van der Waals surface area contributed by atoms with Crippen molar-refractivity contribution in [2.24, 2.45) is 23.7 Å². The number of ether oxygens (including phenoxy) is 9. The molecular formula is C63H113N7O20S. The highest BCUT2D eigenvalue weighted by Crippen LogP contribution is 2.42. The maximum Gasteiger partial charge on any atom is 0.315 e. The van der Waals surface area contributed by atoms with E-state index in [1.165, 1.54) is 14.0 Å². The summed E-state index contributed by atoms with van der Waals surface area (Å²) in [6.45, 7) is 18.2. The number of aliphatic hydroxyl groups excluding tert-OH is 2. The van der Waals surface area contributed by atoms with Gasteiger partial charge in [-0.1, -0.05) is 40.5 Å². The van der Waals surface area contributed by atoms with Gasteiger partial charge in [-0.25, -0.2) is 4.79 Å². The molecule has 0 saturated carbocycles. The molecule has 5 rings (SSSR count). The van der Waals surface area contributed by atoms with Crippen molar-refractivity contribution in [1.82, 2.24) is 37.0 Å². The van der Waals surface area contributed by atoms with Gasteiger partial charge in [-0.2, -0.15) is 17.2 Å². The average Bonchev–Trinajstić information content (AvgIpc) is 1.72. The third kappa shape index (κ3) is 22.8. The second-order valence-electron chi connectivity index (χ2n) is 26.7. The largest absolute Gasteiger partial charge is 0.459 e. The molecule has 0 aromatic rings. The van der Waals surface area contributed by atoms with Crippen LogP contribution in [0.3, 0.4) is 0 Å². The number of likely N-dealkylation sites (N-methyl/N-ethyl adjacent to an activating group) is 1. The number of hydroxylamine groups is 1. The topological polar surface area (TPSA) is 351 Å². The number of aliphatic hydroxyl groups is 4. The number of nitrogens with one attached hydrogen (secondary N) is 6. The van der Waals surface area contributed by atoms with Gasteiger partial charge in [0.2, 0.25) is 17.7 Å². The highest BCUT2D eigenvalue weighted by atomic mass is 32.2. The predicted octanol–water partition coefficient (Wildman–Crippen LogP) is 2.69. The summed E-state index contributed by atoms with van der Waals surface area (Å²) < 4.78 is 55.7. The molecule has 5 amide bonds. The summed E-state index contributed by atoms with van der Waals surface area (Å²) in [6, 6.07) is -1.07. The van der Waals surface area contributed by atoms with E-state index in [-0.39, 0.29) is 87.8 Å². The van der Waals surface area contributed by atoms with Crippen LogP contribution in [0.1, 0.15) is 159 Å². The summed E-state index contributed by atoms with van der Waals surface area (Å²) in [4.78, 5) is 86.1. The second kappa shape index (κ2) is 37.1. The molecule has 5 aliphatic heterocycles. The smallest absolute Gasteiger partial charge is 0.315 e. The van der Waals surface area contributed by atoms with Gasteiger partial charge in [0.25, 0.3) is 0 Å². The van der Waals surface area contributed by atoms with E-state index in [0.717, 1.165) is 25.0 Å². The van der Waals surface area contributed by atoms with Crippen molar-refractivity contribution in [3.63, 3.8) is 0 Å². The van der Waals surface area contributed by atoms with Crippen LogP contribution in [0.25, 0.3) is 0 Å². The molecule has 5 fully saturated rings. The standard InChI is InChI=1S/C63H113N7O20S/c1-15-45-63(10,80)55(75)38(4)51(69-84-35-83-30-29-81-13)36(2)32-61(8,79)57(39(5)53(40(6)58(77)87-45)89-50-33-62(9,82-14)56(76)41(7)86-50)90-59-54(43(70(11)12)31-37(3)85-59)88-49(74)25-24-48(73)64-26-20-16-17-22-46(71)65-27-28-66-47(72)23-19-18-21-44-52-42(34-91-44)67-60(78)68-52/h36-45,50-57,59,69,75-76,79-80H,15-35H2,1-14H3,(H,64,73)(H,65,71)(H,66,72)(H2,67,68,78)/t36-,37-,38+,39+,40-,41+,42+,43+,44+,45-,50+,51?,52+,53+,54-,55-,56+,57-,59+,61-,62-,63-/m1/s1. The van der Waals surface area contributed by atoms with E-state index in [1.807, 2.05) is 44.6 Å². The zero-order valence-electron chi connectivity index (χ0n) is 56.5. The summed E-state index contributed by atoms with van der Waals surface area (Å²) in [6.07, 6.45) is -5.97. The highest BCUT2D eigenvalue weighted by molar-refractivity contribution is 8.00. The lowest BCUT2D eigenvalue weighted by Crippen LogP contribution is -2.62. The molecule has 1 unspecified atom stereocenters. The van der Waals surface area contributed by atoms with Crippen molar-refractivity contribution in [3.05, 3.63) is 0 Å². The fourth-order valence-electron chi connectivity index (χ4n) is 13.5. The van der Waals surface area contributed by atoms with E-state index in [9.17, 15) is 49.2 Å². The van der Waals surface area contributed by atoms with Crippen LogP contribution in [-0.4, -0.2) is 242 Å². The predicted molar refractivity (Wildman–Crippen MR) is 337 cm³/mol. The number of nitrogens with zero attached hydrogens (tertiary/aromatic N) is 1. The van der Waals surface area contributed by atoms with Gasteiger partial charge in [-0.05, 0) is 107 Å². The van der Waals surface area contributed by atoms with E-state index in [4.69, 9.17) is 47.5 Å². The molecule has 0 aliphatic carbocycles. The normalized spacial score (nSPS) is 37.4. The number of urea groups is 1. The van der Waals surface area contributed by atoms with E-state index < -0.39 is 126 Å². The molecule has 91 heavy (non-hydrogen) atoms. The van der Waals surface area contributed by atoms with Gasteiger partial charge in [-0.15, -0.1) is 0 Å². The summed E-state index contributed by atoms with van der Waals surface area (Å²) in [5, 5.41) is 63.6. The molecule has 526 valence electrons. The summed E-state index contributed by atoms with van der Waals surface area (Å²) >= 11 is 1.85. The Labute approximate surface area is 543 Å². The molecule has 28 heteroatoms. The fourth-order valence-corrected chi connectivity index (χ4v) is 15.0. The quantitative estimate of drug-likeness (QED) is 0.0152. The van der Waals surface area contributed by atoms with Gasteiger partial charge >= 0.3 is 18.0 Å². The highest BCUT2D eigenvalue weighted by Gasteiger charge is 2.55. The maximum absolute atomic E-state index is 14.7. The van der Waals surface area contributed by atoms with Crippen LogP contribution in [0.4, 0.5) is 4.79 Å². The molecule has 0 spiro atoms. The number of hydrogen-bond acceptors (Lipinski definition) is 23. The van der Waals surface area contributed by atoms with Gasteiger partial charge in [-0.3, -0.25) is 28.8 Å². The number of amides is 5. The van der Waals surface area contributed by atoms with Crippen molar-refractivity contribution in [1.29, 1.82) is 0 Å². The minimum Gasteiger partial charge on any atom is -0.459 e. The number of cyclic esters (lactones) is 1. The number of esters is 2. The Balaban J connectivity index is 1.24. The molecule has 10 N–H and O–H groups in total. The van der Waals surface area contributed by atoms with Crippen LogP contribution in [0, 0.1) is 23.7 Å². The third-order valence-corrected chi connectivity index (χ3v) is 20.5. The fraction of sp³-hybridized carbons (Fsp3) is 0.905. The summed E-state index contributed by atoms with van der Waals surface area (Å²) in [5.41, 5.74) is -2.00. The van der Waals surface area contributed by atoms with Crippen LogP contribution in [-0.2, 0) is 71.4 Å². The Morgan fingerprint density at radius 2 is 1.43 bits per heavy atom. The Morgan fingerprint density at radius 3 is 2.08 bits per heavy atom. The molecule has 5 heterocycles. The van der Waals surface area contributed by atoms with E-state index in [0.29, 0.717) is 63.6 Å². The first-order valence-corrected chi connectivity index (χ1v) is 34.0. The molecular weight excluding hydrogens is 1210 g/mol. The van der Waals surface area contributed by atoms with Crippen molar-refractivity contribution >= 4 is 47.5 Å². The summed E-state index contributed by atoms with van der Waals surface area (Å²) in [7, 11) is 6.68. The zero-order valence-corrected chi connectivity index (χ0v) is 57.3. The Hall–Kier alpha value is -3.59. The minimum absolute atomic E-state index is 0.0278. The van der Waals surface area contributed by atoms with E-state index in [1.54, 1.807) is 55.6 Å². The van der Waals surface area contributed by atoms with Gasteiger partial charge in [0.1, 0.15) is 17.8 Å². The van der Waals surface area contributed by atoms with Gasteiger partial charge in [0, 0.05) is 88.4 Å². The first-order chi connectivity index (χ1) is 43.0. The Morgan fingerprint density at radius 1 is 0.769 bits per heavy atom. The van der Waals surface area contributed by atoms with Crippen molar-refractivity contribution in [2.75, 3.05) is 73.7 Å². The number of thioether (sulfide) groups is 1. The van der Waals surface area contributed by atoms with Crippen molar-refractivity contribution in [3.8, 4) is 0 Å². The van der Waals surface area contributed by atoms with Gasteiger partial charge < -0.3 is 94.5 Å². The third-order valence-electron chi connectivity index (χ3n) is 19.0. The number of rotatable bonds is 32. The van der Waals surface area contributed by atoms with E-state index in [2.05, 4.69) is 32.1 Å². The van der Waals surface area contributed by atoms with Crippen molar-refractivity contribution < 1.29 is 96.7 Å². The molecule has 5 aliphatic rings. The summed E-state index contributed by atoms with van der Waals surface area (Å²) in [5.74, 6) is -4.70. The molecule has 22 atom stereocenters. The Kier molecular flexibility index (Phi) is 31.8. The number of unbranched alkanes of at least 4 members (excludes halogenated alkanes) is 3.